The normalized spacial score (nSPS) is 24.2. The second-order valence-corrected chi connectivity index (χ2v) is 6.96. The Bertz CT molecular complexity index is 927. The van der Waals surface area contributed by atoms with Gasteiger partial charge >= 0.3 is 0 Å². The van der Waals surface area contributed by atoms with Crippen molar-refractivity contribution in [3.63, 3.8) is 0 Å². The molecule has 2 atom stereocenters. The zero-order chi connectivity index (χ0) is 19.6. The standard InChI is InChI=1S/C21H20FN5/c1-2-8-27-9-7-14-16(10-23)20(26)21(12-24,13-25)19(17(14)11-27)15-5-3-4-6-18(15)22/h3-7,17,19H,2,8-9,11,26H2,1H3/t17-,19-/m1/s1. The summed E-state index contributed by atoms with van der Waals surface area (Å²) < 4.78 is 14.7. The molecule has 0 saturated heterocycles. The minimum Gasteiger partial charge on any atom is -0.399 e. The SMILES string of the molecule is CCCN1CC=C2C(C#N)=C(N)C(C#N)(C#N)[C@H](c3ccccc3F)[C@@H]2C1. The van der Waals surface area contributed by atoms with Crippen LogP contribution in [0.15, 0.2) is 47.2 Å². The van der Waals surface area contributed by atoms with E-state index in [1.165, 1.54) is 6.07 Å². The minimum absolute atomic E-state index is 0.0744. The van der Waals surface area contributed by atoms with Crippen LogP contribution in [0.3, 0.4) is 0 Å². The molecule has 3 rings (SSSR count). The van der Waals surface area contributed by atoms with E-state index in [1.807, 2.05) is 18.2 Å². The van der Waals surface area contributed by atoms with Gasteiger partial charge in [-0.2, -0.15) is 15.8 Å². The van der Waals surface area contributed by atoms with E-state index < -0.39 is 17.2 Å². The molecular weight excluding hydrogens is 341 g/mol. The van der Waals surface area contributed by atoms with Gasteiger partial charge in [-0.25, -0.2) is 4.39 Å². The number of rotatable bonds is 3. The maximum absolute atomic E-state index is 14.7. The number of nitrogens with two attached hydrogens (primary N) is 1. The third-order valence-corrected chi connectivity index (χ3v) is 5.52. The summed E-state index contributed by atoms with van der Waals surface area (Å²) in [5.41, 5.74) is 5.53. The number of nitrogens with zero attached hydrogens (tertiary/aromatic N) is 4. The fraction of sp³-hybridized carbons (Fsp3) is 0.381. The highest BCUT2D eigenvalue weighted by Gasteiger charge is 2.55. The Balaban J connectivity index is 2.30. The quantitative estimate of drug-likeness (QED) is 0.892. The zero-order valence-electron chi connectivity index (χ0n) is 15.1. The van der Waals surface area contributed by atoms with Crippen LogP contribution in [0.1, 0.15) is 24.8 Å². The molecular formula is C21H20FN5. The lowest BCUT2D eigenvalue weighted by atomic mass is 9.58. The van der Waals surface area contributed by atoms with Gasteiger partial charge in [0.25, 0.3) is 0 Å². The molecule has 1 aliphatic carbocycles. The Kier molecular flexibility index (Phi) is 5.00. The number of nitriles is 3. The van der Waals surface area contributed by atoms with Crippen LogP contribution >= 0.6 is 0 Å². The lowest BCUT2D eigenvalue weighted by Gasteiger charge is -2.45. The molecule has 1 heterocycles. The molecule has 2 aliphatic rings. The zero-order valence-corrected chi connectivity index (χ0v) is 15.1. The van der Waals surface area contributed by atoms with Crippen molar-refractivity contribution >= 4 is 0 Å². The maximum atomic E-state index is 14.7. The fourth-order valence-corrected chi connectivity index (χ4v) is 4.31. The Morgan fingerprint density at radius 2 is 1.96 bits per heavy atom. The molecule has 0 unspecified atom stereocenters. The Labute approximate surface area is 158 Å². The summed E-state index contributed by atoms with van der Waals surface area (Å²) in [5.74, 6) is -1.61. The molecule has 6 heteroatoms. The summed E-state index contributed by atoms with van der Waals surface area (Å²) in [6.45, 7) is 4.12. The maximum Gasteiger partial charge on any atom is 0.191 e. The van der Waals surface area contributed by atoms with Gasteiger partial charge in [0.15, 0.2) is 5.41 Å². The average molecular weight is 361 g/mol. The highest BCUT2D eigenvalue weighted by atomic mass is 19.1. The van der Waals surface area contributed by atoms with Gasteiger partial charge in [-0.1, -0.05) is 31.2 Å². The van der Waals surface area contributed by atoms with Crippen molar-refractivity contribution in [1.29, 1.82) is 15.8 Å². The van der Waals surface area contributed by atoms with Crippen LogP contribution in [0.4, 0.5) is 4.39 Å². The van der Waals surface area contributed by atoms with Crippen molar-refractivity contribution in [2.45, 2.75) is 19.3 Å². The van der Waals surface area contributed by atoms with E-state index in [-0.39, 0.29) is 22.8 Å². The summed E-state index contributed by atoms with van der Waals surface area (Å²) in [5, 5.41) is 29.6. The summed E-state index contributed by atoms with van der Waals surface area (Å²) in [6.07, 6.45) is 2.88. The Morgan fingerprint density at radius 1 is 1.26 bits per heavy atom. The number of hydrogen-bond acceptors (Lipinski definition) is 5. The largest absolute Gasteiger partial charge is 0.399 e. The van der Waals surface area contributed by atoms with Crippen molar-refractivity contribution < 1.29 is 4.39 Å². The van der Waals surface area contributed by atoms with Gasteiger partial charge in [0.2, 0.25) is 0 Å². The second kappa shape index (κ2) is 7.23. The molecule has 0 aromatic heterocycles. The molecule has 27 heavy (non-hydrogen) atoms. The Morgan fingerprint density at radius 3 is 2.56 bits per heavy atom. The molecule has 136 valence electrons. The van der Waals surface area contributed by atoms with Gasteiger partial charge in [0.05, 0.1) is 23.4 Å². The van der Waals surface area contributed by atoms with Crippen LogP contribution in [0.5, 0.6) is 0 Å². The van der Waals surface area contributed by atoms with Crippen LogP contribution in [-0.2, 0) is 0 Å². The van der Waals surface area contributed by atoms with Crippen molar-refractivity contribution in [2.75, 3.05) is 19.6 Å². The molecule has 1 aromatic rings. The number of hydrogen-bond donors (Lipinski definition) is 1. The van der Waals surface area contributed by atoms with Gasteiger partial charge in [-0.05, 0) is 30.2 Å². The van der Waals surface area contributed by atoms with E-state index >= 15 is 0 Å². The molecule has 0 bridgehead atoms. The highest BCUT2D eigenvalue weighted by molar-refractivity contribution is 5.59. The van der Waals surface area contributed by atoms with Crippen LogP contribution in [0.2, 0.25) is 0 Å². The summed E-state index contributed by atoms with van der Waals surface area (Å²) >= 11 is 0. The Hall–Kier alpha value is -3.14. The van der Waals surface area contributed by atoms with Gasteiger partial charge in [0.1, 0.15) is 11.9 Å². The second-order valence-electron chi connectivity index (χ2n) is 6.96. The van der Waals surface area contributed by atoms with Crippen molar-refractivity contribution in [3.05, 3.63) is 58.6 Å². The molecule has 1 aliphatic heterocycles. The van der Waals surface area contributed by atoms with E-state index in [9.17, 15) is 20.2 Å². The highest BCUT2D eigenvalue weighted by Crippen LogP contribution is 2.54. The van der Waals surface area contributed by atoms with Crippen molar-refractivity contribution in [2.24, 2.45) is 17.1 Å². The van der Waals surface area contributed by atoms with E-state index in [0.717, 1.165) is 18.5 Å². The van der Waals surface area contributed by atoms with E-state index in [2.05, 4.69) is 17.9 Å². The summed E-state index contributed by atoms with van der Waals surface area (Å²) in [6, 6.07) is 12.3. The first kappa shape index (κ1) is 18.6. The lowest BCUT2D eigenvalue weighted by Crippen LogP contribution is -2.48. The minimum atomic E-state index is -1.79. The molecule has 0 amide bonds. The number of fused-ring (bicyclic) bond motifs is 1. The van der Waals surface area contributed by atoms with Gasteiger partial charge < -0.3 is 5.73 Å². The summed E-state index contributed by atoms with van der Waals surface area (Å²) in [4.78, 5) is 2.19. The van der Waals surface area contributed by atoms with Crippen molar-refractivity contribution in [1.82, 2.24) is 4.90 Å². The van der Waals surface area contributed by atoms with E-state index in [0.29, 0.717) is 13.1 Å². The molecule has 1 aromatic carbocycles. The van der Waals surface area contributed by atoms with Crippen LogP contribution in [0, 0.1) is 51.1 Å². The summed E-state index contributed by atoms with van der Waals surface area (Å²) in [7, 11) is 0. The number of allylic oxidation sites excluding steroid dienone is 2. The van der Waals surface area contributed by atoms with Crippen molar-refractivity contribution in [3.8, 4) is 18.2 Å². The smallest absolute Gasteiger partial charge is 0.191 e. The topological polar surface area (TPSA) is 101 Å². The predicted molar refractivity (Wildman–Crippen MR) is 97.9 cm³/mol. The molecule has 0 radical (unpaired) electrons. The number of halogens is 1. The molecule has 5 nitrogen and oxygen atoms in total. The van der Waals surface area contributed by atoms with Gasteiger partial charge in [0, 0.05) is 24.9 Å². The number of benzene rings is 1. The first-order valence-corrected chi connectivity index (χ1v) is 8.94. The average Bonchev–Trinajstić information content (AvgIpc) is 2.68. The van der Waals surface area contributed by atoms with Gasteiger partial charge in [-0.3, -0.25) is 4.90 Å². The predicted octanol–water partition coefficient (Wildman–Crippen LogP) is 2.96. The van der Waals surface area contributed by atoms with Crippen LogP contribution in [0.25, 0.3) is 0 Å². The molecule has 0 saturated carbocycles. The monoisotopic (exact) mass is 361 g/mol. The lowest BCUT2D eigenvalue weighted by molar-refractivity contribution is 0.205. The van der Waals surface area contributed by atoms with E-state index in [1.54, 1.807) is 18.2 Å². The molecule has 0 spiro atoms. The van der Waals surface area contributed by atoms with Gasteiger partial charge in [-0.15, -0.1) is 0 Å². The molecule has 0 fully saturated rings. The van der Waals surface area contributed by atoms with E-state index in [4.69, 9.17) is 5.73 Å². The first-order valence-electron chi connectivity index (χ1n) is 8.94. The van der Waals surface area contributed by atoms with Crippen LogP contribution in [-0.4, -0.2) is 24.5 Å². The third kappa shape index (κ3) is 2.78. The molecule has 2 N–H and O–H groups in total. The fourth-order valence-electron chi connectivity index (χ4n) is 4.31. The van der Waals surface area contributed by atoms with Crippen LogP contribution < -0.4 is 5.73 Å². The first-order chi connectivity index (χ1) is 13.0. The third-order valence-electron chi connectivity index (χ3n) is 5.52.